The third kappa shape index (κ3) is 2.45. The molecule has 1 aliphatic rings. The minimum absolute atomic E-state index is 0.00148. The molecule has 21 heavy (non-hydrogen) atoms. The lowest BCUT2D eigenvalue weighted by Crippen LogP contribution is -2.35. The summed E-state index contributed by atoms with van der Waals surface area (Å²) in [7, 11) is 0. The molecule has 0 radical (unpaired) electrons. The van der Waals surface area contributed by atoms with E-state index < -0.39 is 0 Å². The molecule has 0 bridgehead atoms. The maximum absolute atomic E-state index is 12.7. The Kier molecular flexibility index (Phi) is 3.75. The van der Waals surface area contributed by atoms with Gasteiger partial charge in [0.05, 0.1) is 11.2 Å². The Morgan fingerprint density at radius 3 is 3.05 bits per heavy atom. The van der Waals surface area contributed by atoms with Gasteiger partial charge in [-0.1, -0.05) is 25.1 Å². The summed E-state index contributed by atoms with van der Waals surface area (Å²) in [5.41, 5.74) is 4.64. The van der Waals surface area contributed by atoms with Gasteiger partial charge in [-0.15, -0.1) is 0 Å². The van der Waals surface area contributed by atoms with Gasteiger partial charge in [0, 0.05) is 18.0 Å². The van der Waals surface area contributed by atoms with Crippen molar-refractivity contribution in [2.75, 3.05) is 12.0 Å². The third-order valence-electron chi connectivity index (χ3n) is 4.20. The number of rotatable bonds is 3. The molecule has 1 atom stereocenters. The standard InChI is InChI=1S/C16H20N4O/c1-2-11-6-5-9-20(11)16(21)15-10-14(19-17)12-7-3-4-8-13(12)18-15/h3-4,7-8,10-11H,2,5-6,9,17H2,1H3,(H,18,19). The molecule has 0 spiro atoms. The second-order valence-corrected chi connectivity index (χ2v) is 5.42. The van der Waals surface area contributed by atoms with Crippen molar-refractivity contribution in [2.45, 2.75) is 32.2 Å². The molecule has 1 saturated heterocycles. The van der Waals surface area contributed by atoms with Crippen molar-refractivity contribution in [1.82, 2.24) is 9.88 Å². The summed E-state index contributed by atoms with van der Waals surface area (Å²) in [6, 6.07) is 9.76. The molecule has 1 aromatic heterocycles. The Hall–Kier alpha value is -2.14. The van der Waals surface area contributed by atoms with Gasteiger partial charge in [0.15, 0.2) is 0 Å². The molecule has 0 saturated carbocycles. The highest BCUT2D eigenvalue weighted by molar-refractivity contribution is 5.99. The summed E-state index contributed by atoms with van der Waals surface area (Å²) in [5, 5.41) is 0.921. The first kappa shape index (κ1) is 13.8. The minimum atomic E-state index is 0.00148. The summed E-state index contributed by atoms with van der Waals surface area (Å²) in [5.74, 6) is 5.59. The second kappa shape index (κ2) is 5.69. The van der Waals surface area contributed by atoms with Gasteiger partial charge >= 0.3 is 0 Å². The smallest absolute Gasteiger partial charge is 0.272 e. The van der Waals surface area contributed by atoms with E-state index in [1.165, 1.54) is 0 Å². The van der Waals surface area contributed by atoms with E-state index in [-0.39, 0.29) is 5.91 Å². The highest BCUT2D eigenvalue weighted by atomic mass is 16.2. The predicted molar refractivity (Wildman–Crippen MR) is 83.9 cm³/mol. The summed E-state index contributed by atoms with van der Waals surface area (Å²) in [4.78, 5) is 19.2. The van der Waals surface area contributed by atoms with Crippen LogP contribution >= 0.6 is 0 Å². The predicted octanol–water partition coefficient (Wildman–Crippen LogP) is 2.54. The Morgan fingerprint density at radius 2 is 2.29 bits per heavy atom. The lowest BCUT2D eigenvalue weighted by atomic mass is 10.1. The van der Waals surface area contributed by atoms with Crippen LogP contribution in [0.1, 0.15) is 36.7 Å². The van der Waals surface area contributed by atoms with Gasteiger partial charge in [-0.3, -0.25) is 10.6 Å². The minimum Gasteiger partial charge on any atom is -0.334 e. The first-order valence-corrected chi connectivity index (χ1v) is 7.42. The Labute approximate surface area is 124 Å². The van der Waals surface area contributed by atoms with Crippen LogP contribution in [-0.2, 0) is 0 Å². The molecule has 5 heteroatoms. The van der Waals surface area contributed by atoms with Crippen LogP contribution < -0.4 is 11.3 Å². The van der Waals surface area contributed by atoms with E-state index in [4.69, 9.17) is 5.84 Å². The SMILES string of the molecule is CCC1CCCN1C(=O)c1cc(NN)c2ccccc2n1. The van der Waals surface area contributed by atoms with E-state index in [2.05, 4.69) is 17.3 Å². The molecular formula is C16H20N4O. The van der Waals surface area contributed by atoms with Crippen molar-refractivity contribution in [3.05, 3.63) is 36.0 Å². The van der Waals surface area contributed by atoms with Crippen LogP contribution in [0, 0.1) is 0 Å². The van der Waals surface area contributed by atoms with Gasteiger partial charge in [-0.05, 0) is 31.4 Å². The molecule has 3 rings (SSSR count). The molecule has 1 aromatic carbocycles. The number of fused-ring (bicyclic) bond motifs is 1. The maximum atomic E-state index is 12.7. The molecule has 3 N–H and O–H groups in total. The number of pyridine rings is 1. The molecule has 1 fully saturated rings. The van der Waals surface area contributed by atoms with Gasteiger partial charge in [0.25, 0.3) is 5.91 Å². The number of hydrogen-bond donors (Lipinski definition) is 2. The number of hydrogen-bond acceptors (Lipinski definition) is 4. The van der Waals surface area contributed by atoms with E-state index in [0.29, 0.717) is 11.7 Å². The number of nitrogen functional groups attached to an aromatic ring is 1. The largest absolute Gasteiger partial charge is 0.334 e. The second-order valence-electron chi connectivity index (χ2n) is 5.42. The number of carbonyl (C=O) groups excluding carboxylic acids is 1. The number of para-hydroxylation sites is 1. The van der Waals surface area contributed by atoms with E-state index in [9.17, 15) is 4.79 Å². The maximum Gasteiger partial charge on any atom is 0.272 e. The van der Waals surface area contributed by atoms with Crippen molar-refractivity contribution in [3.8, 4) is 0 Å². The van der Waals surface area contributed by atoms with Gasteiger partial charge in [-0.2, -0.15) is 0 Å². The van der Waals surface area contributed by atoms with E-state index in [1.54, 1.807) is 6.07 Å². The number of nitrogens with two attached hydrogens (primary N) is 1. The monoisotopic (exact) mass is 284 g/mol. The first-order chi connectivity index (χ1) is 10.2. The highest BCUT2D eigenvalue weighted by Gasteiger charge is 2.29. The number of benzene rings is 1. The third-order valence-corrected chi connectivity index (χ3v) is 4.20. The fourth-order valence-corrected chi connectivity index (χ4v) is 3.08. The zero-order chi connectivity index (χ0) is 14.8. The number of nitrogens with zero attached hydrogens (tertiary/aromatic N) is 2. The van der Waals surface area contributed by atoms with Crippen LogP contribution in [0.4, 0.5) is 5.69 Å². The number of nitrogens with one attached hydrogen (secondary N) is 1. The van der Waals surface area contributed by atoms with Gasteiger partial charge in [-0.25, -0.2) is 4.98 Å². The zero-order valence-electron chi connectivity index (χ0n) is 12.2. The van der Waals surface area contributed by atoms with Crippen LogP contribution in [0.3, 0.4) is 0 Å². The van der Waals surface area contributed by atoms with Crippen molar-refractivity contribution in [2.24, 2.45) is 5.84 Å². The summed E-state index contributed by atoms with van der Waals surface area (Å²) < 4.78 is 0. The topological polar surface area (TPSA) is 71.2 Å². The molecule has 2 heterocycles. The number of aromatic nitrogens is 1. The average Bonchev–Trinajstić information content (AvgIpc) is 3.01. The normalized spacial score (nSPS) is 18.2. The number of likely N-dealkylation sites (tertiary alicyclic amines) is 1. The molecule has 5 nitrogen and oxygen atoms in total. The average molecular weight is 284 g/mol. The van der Waals surface area contributed by atoms with Crippen LogP contribution in [0.2, 0.25) is 0 Å². The summed E-state index contributed by atoms with van der Waals surface area (Å²) in [6.45, 7) is 2.94. The van der Waals surface area contributed by atoms with Crippen LogP contribution in [0.25, 0.3) is 10.9 Å². The van der Waals surface area contributed by atoms with E-state index >= 15 is 0 Å². The molecule has 1 unspecified atom stereocenters. The van der Waals surface area contributed by atoms with Gasteiger partial charge in [0.2, 0.25) is 0 Å². The summed E-state index contributed by atoms with van der Waals surface area (Å²) in [6.07, 6.45) is 3.14. The number of hydrazine groups is 1. The van der Waals surface area contributed by atoms with Crippen molar-refractivity contribution in [1.29, 1.82) is 0 Å². The fourth-order valence-electron chi connectivity index (χ4n) is 3.08. The highest BCUT2D eigenvalue weighted by Crippen LogP contribution is 2.26. The zero-order valence-corrected chi connectivity index (χ0v) is 12.2. The Balaban J connectivity index is 2.02. The lowest BCUT2D eigenvalue weighted by molar-refractivity contribution is 0.0728. The Bertz CT molecular complexity index is 670. The van der Waals surface area contributed by atoms with Crippen LogP contribution in [0.15, 0.2) is 30.3 Å². The van der Waals surface area contributed by atoms with Crippen molar-refractivity contribution >= 4 is 22.5 Å². The fraction of sp³-hybridized carbons (Fsp3) is 0.375. The Morgan fingerprint density at radius 1 is 1.48 bits per heavy atom. The van der Waals surface area contributed by atoms with E-state index in [0.717, 1.165) is 42.4 Å². The van der Waals surface area contributed by atoms with Gasteiger partial charge in [0.1, 0.15) is 5.69 Å². The molecule has 110 valence electrons. The van der Waals surface area contributed by atoms with E-state index in [1.807, 2.05) is 29.2 Å². The van der Waals surface area contributed by atoms with Gasteiger partial charge < -0.3 is 10.3 Å². The molecule has 0 aliphatic carbocycles. The molecular weight excluding hydrogens is 264 g/mol. The molecule has 2 aromatic rings. The quantitative estimate of drug-likeness (QED) is 0.671. The number of carbonyl (C=O) groups is 1. The number of anilines is 1. The molecule has 1 amide bonds. The van der Waals surface area contributed by atoms with Crippen LogP contribution in [0.5, 0.6) is 0 Å². The lowest BCUT2D eigenvalue weighted by Gasteiger charge is -2.23. The van der Waals surface area contributed by atoms with Crippen molar-refractivity contribution < 1.29 is 4.79 Å². The molecule has 1 aliphatic heterocycles. The van der Waals surface area contributed by atoms with Crippen LogP contribution in [-0.4, -0.2) is 28.4 Å². The number of amides is 1. The van der Waals surface area contributed by atoms with Crippen molar-refractivity contribution in [3.63, 3.8) is 0 Å². The first-order valence-electron chi connectivity index (χ1n) is 7.42. The summed E-state index contributed by atoms with van der Waals surface area (Å²) >= 11 is 0.